The Kier molecular flexibility index (Phi) is 2.28. The summed E-state index contributed by atoms with van der Waals surface area (Å²) in [6, 6.07) is 9.68. The Morgan fingerprint density at radius 3 is 2.90 bits per heavy atom. The van der Waals surface area contributed by atoms with E-state index in [1.54, 1.807) is 6.20 Å². The highest BCUT2D eigenvalue weighted by atomic mass is 16.5. The van der Waals surface area contributed by atoms with E-state index in [1.807, 2.05) is 30.3 Å². The van der Waals surface area contributed by atoms with Crippen LogP contribution in [0.2, 0.25) is 0 Å². The molecule has 0 saturated heterocycles. The van der Waals surface area contributed by atoms with E-state index in [4.69, 9.17) is 4.52 Å². The van der Waals surface area contributed by atoms with Crippen molar-refractivity contribution < 1.29 is 4.52 Å². The molecule has 0 aliphatic rings. The first-order valence-electron chi connectivity index (χ1n) is 5.95. The van der Waals surface area contributed by atoms with Crippen molar-refractivity contribution in [3.63, 3.8) is 0 Å². The summed E-state index contributed by atoms with van der Waals surface area (Å²) in [4.78, 5) is 12.7. The van der Waals surface area contributed by atoms with Crippen LogP contribution in [-0.4, -0.2) is 30.3 Å². The zero-order valence-corrected chi connectivity index (χ0v) is 10.2. The molecule has 1 N–H and O–H groups in total. The normalized spacial score (nSPS) is 11.0. The molecule has 3 heterocycles. The Bertz CT molecular complexity index is 862. The predicted octanol–water partition coefficient (Wildman–Crippen LogP) is 2.07. The average molecular weight is 264 g/mol. The monoisotopic (exact) mass is 264 g/mol. The van der Waals surface area contributed by atoms with Crippen LogP contribution in [0.25, 0.3) is 34.0 Å². The molecular formula is C13H8N6O. The Hall–Kier alpha value is -3.09. The van der Waals surface area contributed by atoms with Gasteiger partial charge in [-0.15, -0.1) is 0 Å². The first kappa shape index (κ1) is 10.8. The molecule has 7 nitrogen and oxygen atoms in total. The van der Waals surface area contributed by atoms with Crippen LogP contribution in [0, 0.1) is 0 Å². The lowest BCUT2D eigenvalue weighted by Crippen LogP contribution is -1.86. The molecule has 0 radical (unpaired) electrons. The van der Waals surface area contributed by atoms with Crippen LogP contribution in [0.3, 0.4) is 0 Å². The van der Waals surface area contributed by atoms with Gasteiger partial charge in [-0.1, -0.05) is 23.4 Å². The first-order chi connectivity index (χ1) is 9.92. The maximum Gasteiger partial charge on any atom is 0.260 e. The van der Waals surface area contributed by atoms with Gasteiger partial charge in [-0.05, 0) is 12.1 Å². The van der Waals surface area contributed by atoms with E-state index in [2.05, 4.69) is 30.3 Å². The Labute approximate surface area is 112 Å². The average Bonchev–Trinajstić information content (AvgIpc) is 3.17. The third-order valence-electron chi connectivity index (χ3n) is 2.92. The highest BCUT2D eigenvalue weighted by Gasteiger charge is 2.15. The fourth-order valence-corrected chi connectivity index (χ4v) is 2.02. The van der Waals surface area contributed by atoms with E-state index in [0.717, 1.165) is 16.5 Å². The number of nitrogens with one attached hydrogen (secondary N) is 1. The van der Waals surface area contributed by atoms with Crippen LogP contribution in [0.5, 0.6) is 0 Å². The first-order valence-corrected chi connectivity index (χ1v) is 5.95. The van der Waals surface area contributed by atoms with Crippen molar-refractivity contribution in [3.05, 3.63) is 42.9 Å². The Morgan fingerprint density at radius 1 is 1.05 bits per heavy atom. The van der Waals surface area contributed by atoms with Gasteiger partial charge in [-0.25, -0.2) is 4.98 Å². The fraction of sp³-hybridized carbons (Fsp3) is 0. The van der Waals surface area contributed by atoms with Crippen molar-refractivity contribution in [1.29, 1.82) is 0 Å². The van der Waals surface area contributed by atoms with Gasteiger partial charge in [0.15, 0.2) is 5.82 Å². The van der Waals surface area contributed by atoms with E-state index < -0.39 is 0 Å². The molecule has 7 heteroatoms. The van der Waals surface area contributed by atoms with Crippen molar-refractivity contribution in [1.82, 2.24) is 30.3 Å². The van der Waals surface area contributed by atoms with Gasteiger partial charge in [0.05, 0.1) is 11.1 Å². The van der Waals surface area contributed by atoms with Crippen LogP contribution in [0.15, 0.2) is 47.4 Å². The molecule has 4 rings (SSSR count). The summed E-state index contributed by atoms with van der Waals surface area (Å²) in [5.41, 5.74) is 1.61. The second kappa shape index (κ2) is 4.23. The molecule has 4 aromatic rings. The van der Waals surface area contributed by atoms with Crippen molar-refractivity contribution in [3.8, 4) is 23.1 Å². The lowest BCUT2D eigenvalue weighted by atomic mass is 10.1. The minimum absolute atomic E-state index is 0.366. The molecule has 96 valence electrons. The van der Waals surface area contributed by atoms with Crippen LogP contribution < -0.4 is 0 Å². The smallest absolute Gasteiger partial charge is 0.260 e. The summed E-state index contributed by atoms with van der Waals surface area (Å²) in [5, 5.41) is 11.4. The number of aromatic nitrogens is 6. The number of hydrogen-bond acceptors (Lipinski definition) is 6. The Balaban J connectivity index is 1.88. The number of aromatic amines is 1. The van der Waals surface area contributed by atoms with Gasteiger partial charge in [0.2, 0.25) is 5.82 Å². The number of fused-ring (bicyclic) bond motifs is 1. The van der Waals surface area contributed by atoms with Crippen LogP contribution in [0.4, 0.5) is 0 Å². The summed E-state index contributed by atoms with van der Waals surface area (Å²) < 4.78 is 5.29. The topological polar surface area (TPSA) is 93.4 Å². The SMILES string of the molecule is c1cnc2c(-c3nc(-c4ncn[nH]4)no3)cccc2c1. The minimum Gasteiger partial charge on any atom is -0.333 e. The molecule has 0 amide bonds. The third-order valence-corrected chi connectivity index (χ3v) is 2.92. The summed E-state index contributed by atoms with van der Waals surface area (Å²) in [6.07, 6.45) is 3.13. The second-order valence-electron chi connectivity index (χ2n) is 4.14. The maximum atomic E-state index is 5.29. The number of benzene rings is 1. The number of H-pyrrole nitrogens is 1. The Morgan fingerprint density at radius 2 is 2.00 bits per heavy atom. The van der Waals surface area contributed by atoms with Gasteiger partial charge < -0.3 is 4.52 Å². The minimum atomic E-state index is 0.366. The third kappa shape index (κ3) is 1.64. The fourth-order valence-electron chi connectivity index (χ4n) is 2.02. The molecule has 0 fully saturated rings. The van der Waals surface area contributed by atoms with Crippen molar-refractivity contribution in [2.75, 3.05) is 0 Å². The number of pyridine rings is 1. The van der Waals surface area contributed by atoms with Gasteiger partial charge in [0.1, 0.15) is 6.33 Å². The van der Waals surface area contributed by atoms with Crippen molar-refractivity contribution in [2.24, 2.45) is 0 Å². The van der Waals surface area contributed by atoms with Crippen molar-refractivity contribution in [2.45, 2.75) is 0 Å². The van der Waals surface area contributed by atoms with Crippen LogP contribution in [-0.2, 0) is 0 Å². The number of hydrogen-bond donors (Lipinski definition) is 1. The zero-order chi connectivity index (χ0) is 13.4. The van der Waals surface area contributed by atoms with E-state index >= 15 is 0 Å². The molecule has 1 aromatic carbocycles. The van der Waals surface area contributed by atoms with Gasteiger partial charge >= 0.3 is 0 Å². The number of nitrogens with zero attached hydrogens (tertiary/aromatic N) is 5. The van der Waals surface area contributed by atoms with Crippen LogP contribution >= 0.6 is 0 Å². The highest BCUT2D eigenvalue weighted by molar-refractivity contribution is 5.91. The summed E-state index contributed by atoms with van der Waals surface area (Å²) in [5.74, 6) is 1.24. The molecular weight excluding hydrogens is 256 g/mol. The molecule has 0 unspecified atom stereocenters. The molecule has 20 heavy (non-hydrogen) atoms. The molecule has 0 spiro atoms. The number of para-hydroxylation sites is 1. The number of rotatable bonds is 2. The van der Waals surface area contributed by atoms with E-state index in [-0.39, 0.29) is 0 Å². The van der Waals surface area contributed by atoms with E-state index in [9.17, 15) is 0 Å². The lowest BCUT2D eigenvalue weighted by molar-refractivity contribution is 0.432. The van der Waals surface area contributed by atoms with Gasteiger partial charge in [-0.3, -0.25) is 10.1 Å². The standard InChI is InChI=1S/C13H8N6O/c1-3-8-4-2-6-14-10(8)9(5-1)13-17-12(19-20-13)11-15-7-16-18-11/h1-7H,(H,15,16,18). The molecule has 3 aromatic heterocycles. The largest absolute Gasteiger partial charge is 0.333 e. The molecule has 0 bridgehead atoms. The predicted molar refractivity (Wildman–Crippen MR) is 70.4 cm³/mol. The van der Waals surface area contributed by atoms with Gasteiger partial charge in [0.25, 0.3) is 5.89 Å². The van der Waals surface area contributed by atoms with Gasteiger partial charge in [-0.2, -0.15) is 10.1 Å². The summed E-state index contributed by atoms with van der Waals surface area (Å²) in [6.45, 7) is 0. The van der Waals surface area contributed by atoms with E-state index in [1.165, 1.54) is 6.33 Å². The second-order valence-corrected chi connectivity index (χ2v) is 4.14. The highest BCUT2D eigenvalue weighted by Crippen LogP contribution is 2.26. The van der Waals surface area contributed by atoms with Gasteiger partial charge in [0, 0.05) is 11.6 Å². The van der Waals surface area contributed by atoms with E-state index in [0.29, 0.717) is 17.5 Å². The summed E-state index contributed by atoms with van der Waals surface area (Å²) in [7, 11) is 0. The molecule has 0 aliphatic carbocycles. The molecule has 0 atom stereocenters. The lowest BCUT2D eigenvalue weighted by Gasteiger charge is -2.00. The zero-order valence-electron chi connectivity index (χ0n) is 10.2. The maximum absolute atomic E-state index is 5.29. The summed E-state index contributed by atoms with van der Waals surface area (Å²) >= 11 is 0. The van der Waals surface area contributed by atoms with Crippen LogP contribution in [0.1, 0.15) is 0 Å². The molecule has 0 saturated carbocycles. The quantitative estimate of drug-likeness (QED) is 0.595. The molecule has 0 aliphatic heterocycles. The van der Waals surface area contributed by atoms with Crippen molar-refractivity contribution >= 4 is 10.9 Å².